The van der Waals surface area contributed by atoms with E-state index < -0.39 is 0 Å². The van der Waals surface area contributed by atoms with Crippen LogP contribution in [0.5, 0.6) is 5.75 Å². The van der Waals surface area contributed by atoms with Crippen LogP contribution in [0.4, 0.5) is 17.3 Å². The number of fused-ring (bicyclic) bond motifs is 2. The second kappa shape index (κ2) is 6.14. The zero-order chi connectivity index (χ0) is 15.8. The number of morpholine rings is 1. The maximum Gasteiger partial charge on any atom is 0.161 e. The number of halogens is 2. The molecule has 1 N–H and O–H groups in total. The van der Waals surface area contributed by atoms with Gasteiger partial charge in [-0.1, -0.05) is 27.5 Å². The molecule has 3 heterocycles. The molecule has 1 fully saturated rings. The van der Waals surface area contributed by atoms with Crippen molar-refractivity contribution in [3.05, 3.63) is 33.5 Å². The number of ether oxygens (including phenoxy) is 2. The average molecular weight is 398 g/mol. The lowest BCUT2D eigenvalue weighted by atomic mass is 10.2. The molecule has 8 heteroatoms. The summed E-state index contributed by atoms with van der Waals surface area (Å²) in [5, 5.41) is 3.87. The first kappa shape index (κ1) is 15.0. The molecular weight excluding hydrogens is 384 g/mol. The van der Waals surface area contributed by atoms with E-state index in [1.165, 1.54) is 0 Å². The van der Waals surface area contributed by atoms with Crippen molar-refractivity contribution in [3.8, 4) is 5.75 Å². The van der Waals surface area contributed by atoms with Crippen molar-refractivity contribution in [2.45, 2.75) is 6.61 Å². The number of benzene rings is 1. The van der Waals surface area contributed by atoms with E-state index in [-0.39, 0.29) is 0 Å². The summed E-state index contributed by atoms with van der Waals surface area (Å²) in [7, 11) is 0. The third-order valence-electron chi connectivity index (χ3n) is 3.86. The van der Waals surface area contributed by atoms with Crippen LogP contribution in [0.15, 0.2) is 22.9 Å². The molecule has 1 saturated heterocycles. The third-order valence-corrected chi connectivity index (χ3v) is 4.59. The van der Waals surface area contributed by atoms with Crippen molar-refractivity contribution in [2.24, 2.45) is 0 Å². The molecule has 0 spiro atoms. The lowest BCUT2D eigenvalue weighted by Gasteiger charge is -2.29. The highest BCUT2D eigenvalue weighted by Crippen LogP contribution is 2.42. The highest BCUT2D eigenvalue weighted by Gasteiger charge is 2.24. The molecule has 0 atom stereocenters. The van der Waals surface area contributed by atoms with Crippen LogP contribution in [0.1, 0.15) is 5.56 Å². The van der Waals surface area contributed by atoms with E-state index in [4.69, 9.17) is 21.1 Å². The van der Waals surface area contributed by atoms with Gasteiger partial charge in [0.25, 0.3) is 0 Å². The summed E-state index contributed by atoms with van der Waals surface area (Å²) in [6.07, 6.45) is 1.57. The standard InChI is InChI=1S/C15H14BrClN4O2/c16-9-5-11(17)13-12(6-9)20-14-10(7-23-13)15(19-8-18-14)21-1-3-22-4-2-21/h5-6,8H,1-4,7H2,(H,18,19,20). The minimum atomic E-state index is 0.365. The van der Waals surface area contributed by atoms with E-state index in [0.29, 0.717) is 30.6 Å². The number of aromatic nitrogens is 2. The molecule has 23 heavy (non-hydrogen) atoms. The van der Waals surface area contributed by atoms with Crippen molar-refractivity contribution in [3.63, 3.8) is 0 Å². The van der Waals surface area contributed by atoms with E-state index >= 15 is 0 Å². The van der Waals surface area contributed by atoms with Gasteiger partial charge in [-0.15, -0.1) is 0 Å². The van der Waals surface area contributed by atoms with E-state index in [2.05, 4.69) is 36.1 Å². The first-order valence-electron chi connectivity index (χ1n) is 7.28. The highest BCUT2D eigenvalue weighted by molar-refractivity contribution is 9.10. The van der Waals surface area contributed by atoms with Crippen LogP contribution in [0, 0.1) is 0 Å². The summed E-state index contributed by atoms with van der Waals surface area (Å²) in [5.41, 5.74) is 1.72. The quantitative estimate of drug-likeness (QED) is 0.796. The van der Waals surface area contributed by atoms with Crippen molar-refractivity contribution in [1.82, 2.24) is 9.97 Å². The van der Waals surface area contributed by atoms with Gasteiger partial charge in [0, 0.05) is 17.6 Å². The predicted octanol–water partition coefficient (Wildman–Crippen LogP) is 3.37. The Kier molecular flexibility index (Phi) is 4.00. The van der Waals surface area contributed by atoms with Crippen LogP contribution in [-0.2, 0) is 11.3 Å². The molecule has 1 aromatic heterocycles. The van der Waals surface area contributed by atoms with Gasteiger partial charge in [0.15, 0.2) is 5.75 Å². The van der Waals surface area contributed by atoms with Crippen molar-refractivity contribution >= 4 is 44.9 Å². The van der Waals surface area contributed by atoms with Gasteiger partial charge in [0.2, 0.25) is 0 Å². The molecule has 2 aliphatic rings. The Morgan fingerprint density at radius 3 is 2.87 bits per heavy atom. The summed E-state index contributed by atoms with van der Waals surface area (Å²) < 4.78 is 12.2. The van der Waals surface area contributed by atoms with E-state index in [9.17, 15) is 0 Å². The normalized spacial score (nSPS) is 16.7. The Balaban J connectivity index is 1.75. The van der Waals surface area contributed by atoms with Crippen LogP contribution in [0.25, 0.3) is 0 Å². The molecule has 0 amide bonds. The van der Waals surface area contributed by atoms with E-state index in [1.54, 1.807) is 6.33 Å². The topological polar surface area (TPSA) is 59.5 Å². The number of nitrogens with zero attached hydrogens (tertiary/aromatic N) is 3. The average Bonchev–Trinajstić information content (AvgIpc) is 2.74. The third kappa shape index (κ3) is 2.84. The first-order valence-corrected chi connectivity index (χ1v) is 8.45. The summed E-state index contributed by atoms with van der Waals surface area (Å²) in [6.45, 7) is 3.38. The van der Waals surface area contributed by atoms with Gasteiger partial charge in [-0.05, 0) is 12.1 Å². The molecule has 1 aromatic carbocycles. The van der Waals surface area contributed by atoms with Gasteiger partial charge in [0.1, 0.15) is 24.6 Å². The van der Waals surface area contributed by atoms with Gasteiger partial charge in [-0.2, -0.15) is 0 Å². The molecule has 120 valence electrons. The summed E-state index contributed by atoms with van der Waals surface area (Å²) in [4.78, 5) is 11.0. The Labute approximate surface area is 146 Å². The van der Waals surface area contributed by atoms with Gasteiger partial charge >= 0.3 is 0 Å². The monoisotopic (exact) mass is 396 g/mol. The zero-order valence-electron chi connectivity index (χ0n) is 12.2. The maximum absolute atomic E-state index is 6.29. The Bertz CT molecular complexity index is 752. The number of nitrogens with one attached hydrogen (secondary N) is 1. The fourth-order valence-corrected chi connectivity index (χ4v) is 3.63. The molecule has 0 bridgehead atoms. The molecule has 0 aliphatic carbocycles. The van der Waals surface area contributed by atoms with Crippen LogP contribution >= 0.6 is 27.5 Å². The Hall–Kier alpha value is -1.57. The lowest BCUT2D eigenvalue weighted by Crippen LogP contribution is -2.37. The molecule has 6 nitrogen and oxygen atoms in total. The first-order chi connectivity index (χ1) is 11.2. The molecule has 0 unspecified atom stereocenters. The SMILES string of the molecule is Clc1cc(Br)cc2c1OCc1c(ncnc1N1CCOCC1)N2. The largest absolute Gasteiger partial charge is 0.485 e. The van der Waals surface area contributed by atoms with Gasteiger partial charge in [-0.25, -0.2) is 9.97 Å². The number of anilines is 3. The number of hydrogen-bond acceptors (Lipinski definition) is 6. The van der Waals surface area contributed by atoms with E-state index in [1.807, 2.05) is 12.1 Å². The molecule has 2 aliphatic heterocycles. The predicted molar refractivity (Wildman–Crippen MR) is 91.8 cm³/mol. The second-order valence-corrected chi connectivity index (χ2v) is 6.62. The molecule has 0 saturated carbocycles. The Morgan fingerprint density at radius 2 is 2.04 bits per heavy atom. The molecular formula is C15H14BrClN4O2. The van der Waals surface area contributed by atoms with Crippen molar-refractivity contribution < 1.29 is 9.47 Å². The number of hydrogen-bond donors (Lipinski definition) is 1. The molecule has 0 radical (unpaired) electrons. The Morgan fingerprint density at radius 1 is 1.22 bits per heavy atom. The molecule has 4 rings (SSSR count). The fourth-order valence-electron chi connectivity index (χ4n) is 2.76. The smallest absolute Gasteiger partial charge is 0.161 e. The maximum atomic E-state index is 6.29. The summed E-state index contributed by atoms with van der Waals surface area (Å²) in [6, 6.07) is 3.74. The van der Waals surface area contributed by atoms with Gasteiger partial charge in [0.05, 0.1) is 29.5 Å². The highest BCUT2D eigenvalue weighted by atomic mass is 79.9. The van der Waals surface area contributed by atoms with Crippen molar-refractivity contribution in [1.29, 1.82) is 0 Å². The van der Waals surface area contributed by atoms with E-state index in [0.717, 1.165) is 40.4 Å². The minimum absolute atomic E-state index is 0.365. The lowest BCUT2D eigenvalue weighted by molar-refractivity contribution is 0.122. The summed E-state index contributed by atoms with van der Waals surface area (Å²) in [5.74, 6) is 2.25. The van der Waals surface area contributed by atoms with Crippen molar-refractivity contribution in [2.75, 3.05) is 36.5 Å². The number of rotatable bonds is 1. The summed E-state index contributed by atoms with van der Waals surface area (Å²) >= 11 is 9.74. The zero-order valence-corrected chi connectivity index (χ0v) is 14.5. The van der Waals surface area contributed by atoms with Crippen LogP contribution < -0.4 is 15.0 Å². The van der Waals surface area contributed by atoms with Crippen LogP contribution in [0.2, 0.25) is 5.02 Å². The van der Waals surface area contributed by atoms with Crippen LogP contribution in [-0.4, -0.2) is 36.3 Å². The molecule has 2 aromatic rings. The fraction of sp³-hybridized carbons (Fsp3) is 0.333. The van der Waals surface area contributed by atoms with Crippen LogP contribution in [0.3, 0.4) is 0 Å². The van der Waals surface area contributed by atoms with Gasteiger partial charge in [-0.3, -0.25) is 0 Å². The second-order valence-electron chi connectivity index (χ2n) is 5.30. The minimum Gasteiger partial charge on any atom is -0.485 e. The van der Waals surface area contributed by atoms with Gasteiger partial charge < -0.3 is 19.7 Å².